The van der Waals surface area contributed by atoms with E-state index in [4.69, 9.17) is 14.2 Å². The van der Waals surface area contributed by atoms with Gasteiger partial charge in [0.1, 0.15) is 11.4 Å². The van der Waals surface area contributed by atoms with Gasteiger partial charge in [-0.2, -0.15) is 0 Å². The van der Waals surface area contributed by atoms with E-state index in [1.807, 2.05) is 38.1 Å². The number of ether oxygens (including phenoxy) is 3. The molecule has 0 unspecified atom stereocenters. The highest BCUT2D eigenvalue weighted by Crippen LogP contribution is 2.50. The van der Waals surface area contributed by atoms with Gasteiger partial charge in [0.05, 0.1) is 5.92 Å². The SMILES string of the molecule is CC(=O)Oc1c(OC(=O)C2CCNCC2)c2c(c3ccccc13)OC(C)(C)CC2.Cl. The predicted octanol–water partition coefficient (Wildman–Crippen LogP) is 4.20. The summed E-state index contributed by atoms with van der Waals surface area (Å²) in [5, 5.41) is 4.81. The second kappa shape index (κ2) is 8.82. The molecule has 2 aliphatic rings. The van der Waals surface area contributed by atoms with Crippen molar-refractivity contribution in [3.05, 3.63) is 29.8 Å². The molecule has 6 nitrogen and oxygen atoms in total. The van der Waals surface area contributed by atoms with E-state index >= 15 is 0 Å². The summed E-state index contributed by atoms with van der Waals surface area (Å²) >= 11 is 0. The van der Waals surface area contributed by atoms with Gasteiger partial charge in [-0.15, -0.1) is 12.4 Å². The molecule has 2 aromatic carbocycles. The molecule has 2 aliphatic heterocycles. The van der Waals surface area contributed by atoms with Crippen molar-refractivity contribution in [2.45, 2.75) is 52.1 Å². The highest BCUT2D eigenvalue weighted by molar-refractivity contribution is 5.99. The topological polar surface area (TPSA) is 73.9 Å². The third kappa shape index (κ3) is 4.40. The Hall–Kier alpha value is -2.31. The highest BCUT2D eigenvalue weighted by Gasteiger charge is 2.35. The maximum absolute atomic E-state index is 12.9. The van der Waals surface area contributed by atoms with Crippen LogP contribution in [0.25, 0.3) is 10.8 Å². The molecule has 4 rings (SSSR count). The molecule has 2 heterocycles. The van der Waals surface area contributed by atoms with Gasteiger partial charge in [-0.3, -0.25) is 9.59 Å². The molecular formula is C23H28ClNO5. The Bertz CT molecular complexity index is 966. The number of fused-ring (bicyclic) bond motifs is 3. The first-order valence-corrected chi connectivity index (χ1v) is 10.2. The molecule has 0 aromatic heterocycles. The van der Waals surface area contributed by atoms with Crippen LogP contribution in [0, 0.1) is 5.92 Å². The summed E-state index contributed by atoms with van der Waals surface area (Å²) in [5.74, 6) is 0.448. The van der Waals surface area contributed by atoms with E-state index in [0.717, 1.165) is 43.3 Å². The van der Waals surface area contributed by atoms with Crippen LogP contribution in [-0.4, -0.2) is 30.6 Å². The largest absolute Gasteiger partial charge is 0.487 e. The molecule has 1 saturated heterocycles. The minimum atomic E-state index is -0.452. The number of carbonyl (C=O) groups is 2. The monoisotopic (exact) mass is 433 g/mol. The van der Waals surface area contributed by atoms with Crippen LogP contribution in [0.15, 0.2) is 24.3 Å². The van der Waals surface area contributed by atoms with E-state index in [0.29, 0.717) is 29.1 Å². The summed E-state index contributed by atoms with van der Waals surface area (Å²) in [6.07, 6.45) is 2.92. The number of carbonyl (C=O) groups excluding carboxylic acids is 2. The number of hydrogen-bond acceptors (Lipinski definition) is 6. The summed E-state index contributed by atoms with van der Waals surface area (Å²) in [4.78, 5) is 24.8. The standard InChI is InChI=1S/C23H27NO5.ClH/c1-14(25)27-20-17-7-5-4-6-16(17)19-18(8-11-23(2,3)29-19)21(20)28-22(26)15-9-12-24-13-10-15;/h4-7,15,24H,8-13H2,1-3H3;1H. The van der Waals surface area contributed by atoms with Gasteiger partial charge in [-0.25, -0.2) is 0 Å². The van der Waals surface area contributed by atoms with Crippen molar-refractivity contribution in [1.29, 1.82) is 0 Å². The Morgan fingerprint density at radius 1 is 1.07 bits per heavy atom. The van der Waals surface area contributed by atoms with E-state index in [1.165, 1.54) is 6.92 Å². The molecule has 30 heavy (non-hydrogen) atoms. The number of piperidine rings is 1. The first-order chi connectivity index (χ1) is 13.9. The van der Waals surface area contributed by atoms with E-state index in [1.54, 1.807) is 0 Å². The Balaban J connectivity index is 0.00000256. The molecule has 0 atom stereocenters. The summed E-state index contributed by atoms with van der Waals surface area (Å²) in [7, 11) is 0. The zero-order valence-electron chi connectivity index (χ0n) is 17.6. The van der Waals surface area contributed by atoms with Gasteiger partial charge >= 0.3 is 11.9 Å². The van der Waals surface area contributed by atoms with Crippen molar-refractivity contribution < 1.29 is 23.8 Å². The number of rotatable bonds is 3. The molecule has 0 bridgehead atoms. The van der Waals surface area contributed by atoms with Gasteiger partial charge in [0.25, 0.3) is 0 Å². The smallest absolute Gasteiger partial charge is 0.314 e. The van der Waals surface area contributed by atoms with E-state index in [2.05, 4.69) is 5.32 Å². The van der Waals surface area contributed by atoms with Gasteiger partial charge in [-0.05, 0) is 52.6 Å². The van der Waals surface area contributed by atoms with Crippen LogP contribution >= 0.6 is 12.4 Å². The predicted molar refractivity (Wildman–Crippen MR) is 117 cm³/mol. The van der Waals surface area contributed by atoms with Crippen LogP contribution in [0.4, 0.5) is 0 Å². The maximum atomic E-state index is 12.9. The van der Waals surface area contributed by atoms with E-state index in [9.17, 15) is 9.59 Å². The number of nitrogens with one attached hydrogen (secondary N) is 1. The summed E-state index contributed by atoms with van der Waals surface area (Å²) in [5.41, 5.74) is 0.469. The number of benzene rings is 2. The van der Waals surface area contributed by atoms with Crippen molar-refractivity contribution in [2.24, 2.45) is 5.92 Å². The average Bonchev–Trinajstić information content (AvgIpc) is 2.70. The third-order valence-corrected chi connectivity index (χ3v) is 5.65. The maximum Gasteiger partial charge on any atom is 0.314 e. The Kier molecular flexibility index (Phi) is 6.58. The molecule has 0 radical (unpaired) electrons. The zero-order valence-corrected chi connectivity index (χ0v) is 18.4. The molecule has 0 amide bonds. The molecule has 1 N–H and O–H groups in total. The molecular weight excluding hydrogens is 406 g/mol. The van der Waals surface area contributed by atoms with Crippen LogP contribution in [0.1, 0.15) is 45.6 Å². The summed E-state index contributed by atoms with van der Waals surface area (Å²) in [6, 6.07) is 7.60. The number of halogens is 1. The molecule has 0 spiro atoms. The van der Waals surface area contributed by atoms with E-state index < -0.39 is 5.97 Å². The zero-order chi connectivity index (χ0) is 20.6. The Morgan fingerprint density at radius 3 is 2.40 bits per heavy atom. The van der Waals surface area contributed by atoms with Crippen LogP contribution < -0.4 is 19.5 Å². The fourth-order valence-electron chi connectivity index (χ4n) is 4.10. The first-order valence-electron chi connectivity index (χ1n) is 10.2. The number of esters is 2. The summed E-state index contributed by atoms with van der Waals surface area (Å²) < 4.78 is 17.8. The molecule has 0 saturated carbocycles. The molecule has 162 valence electrons. The van der Waals surface area contributed by atoms with Crippen molar-refractivity contribution >= 4 is 35.1 Å². The van der Waals surface area contributed by atoms with E-state index in [-0.39, 0.29) is 29.9 Å². The lowest BCUT2D eigenvalue weighted by Gasteiger charge is -2.35. The lowest BCUT2D eigenvalue weighted by Crippen LogP contribution is -2.35. The van der Waals surface area contributed by atoms with Crippen molar-refractivity contribution in [1.82, 2.24) is 5.32 Å². The van der Waals surface area contributed by atoms with Crippen LogP contribution in [0.5, 0.6) is 17.2 Å². The second-order valence-electron chi connectivity index (χ2n) is 8.41. The number of hydrogen-bond donors (Lipinski definition) is 1. The summed E-state index contributed by atoms with van der Waals surface area (Å²) in [6.45, 7) is 7.04. The normalized spacial score (nSPS) is 18.0. The molecule has 7 heteroatoms. The van der Waals surface area contributed by atoms with Gasteiger partial charge in [0, 0.05) is 23.3 Å². The molecule has 0 aliphatic carbocycles. The second-order valence-corrected chi connectivity index (χ2v) is 8.41. The first kappa shape index (κ1) is 22.4. The molecule has 2 aromatic rings. The van der Waals surface area contributed by atoms with Crippen molar-refractivity contribution in [2.75, 3.05) is 13.1 Å². The fraction of sp³-hybridized carbons (Fsp3) is 0.478. The third-order valence-electron chi connectivity index (χ3n) is 5.65. The van der Waals surface area contributed by atoms with Gasteiger partial charge < -0.3 is 19.5 Å². The minimum Gasteiger partial charge on any atom is -0.487 e. The van der Waals surface area contributed by atoms with Crippen LogP contribution in [-0.2, 0) is 16.0 Å². The lowest BCUT2D eigenvalue weighted by atomic mass is 9.90. The lowest BCUT2D eigenvalue weighted by molar-refractivity contribution is -0.140. The van der Waals surface area contributed by atoms with Crippen molar-refractivity contribution in [3.63, 3.8) is 0 Å². The average molecular weight is 434 g/mol. The van der Waals surface area contributed by atoms with Crippen LogP contribution in [0.2, 0.25) is 0 Å². The quantitative estimate of drug-likeness (QED) is 0.577. The molecule has 1 fully saturated rings. The van der Waals surface area contributed by atoms with Gasteiger partial charge in [0.15, 0.2) is 11.5 Å². The Morgan fingerprint density at radius 2 is 1.73 bits per heavy atom. The Labute approximate surface area is 182 Å². The van der Waals surface area contributed by atoms with Crippen molar-refractivity contribution in [3.8, 4) is 17.2 Å². The van der Waals surface area contributed by atoms with Gasteiger partial charge in [0.2, 0.25) is 0 Å². The van der Waals surface area contributed by atoms with Gasteiger partial charge in [-0.1, -0.05) is 24.3 Å². The van der Waals surface area contributed by atoms with Crippen LogP contribution in [0.3, 0.4) is 0 Å². The minimum absolute atomic E-state index is 0. The highest BCUT2D eigenvalue weighted by atomic mass is 35.5. The fourth-order valence-corrected chi connectivity index (χ4v) is 4.10.